The van der Waals surface area contributed by atoms with Crippen LogP contribution in [0.25, 0.3) is 0 Å². The van der Waals surface area contributed by atoms with Crippen molar-refractivity contribution in [1.82, 2.24) is 4.90 Å². The highest BCUT2D eigenvalue weighted by atomic mass is 79.9. The molecule has 1 aliphatic heterocycles. The lowest BCUT2D eigenvalue weighted by molar-refractivity contribution is -0.134. The number of carbonyl (C=O) groups excluding carboxylic acids is 1. The summed E-state index contributed by atoms with van der Waals surface area (Å²) in [6, 6.07) is 0.430. The lowest BCUT2D eigenvalue weighted by Gasteiger charge is -2.24. The lowest BCUT2D eigenvalue weighted by Crippen LogP contribution is -2.38. The minimum absolute atomic E-state index is 0.170. The number of rotatable bonds is 2. The standard InChI is InChI=1S/C13H22BrNO/c1-12(2)10(13(12,3)4)11(16)15-7-5-6-9(15)8-14/h9-10H,5-8H2,1-4H3. The van der Waals surface area contributed by atoms with Crippen molar-refractivity contribution in [1.29, 1.82) is 0 Å². The van der Waals surface area contributed by atoms with Crippen LogP contribution in [-0.4, -0.2) is 28.7 Å². The highest BCUT2D eigenvalue weighted by Crippen LogP contribution is 2.69. The number of hydrogen-bond acceptors (Lipinski definition) is 1. The van der Waals surface area contributed by atoms with E-state index in [1.807, 2.05) is 0 Å². The molecule has 0 aromatic carbocycles. The van der Waals surface area contributed by atoms with Crippen molar-refractivity contribution in [3.8, 4) is 0 Å². The number of likely N-dealkylation sites (tertiary alicyclic amines) is 1. The van der Waals surface area contributed by atoms with Gasteiger partial charge in [0.15, 0.2) is 0 Å². The van der Waals surface area contributed by atoms with Gasteiger partial charge >= 0.3 is 0 Å². The van der Waals surface area contributed by atoms with E-state index < -0.39 is 0 Å². The van der Waals surface area contributed by atoms with Crippen LogP contribution < -0.4 is 0 Å². The second-order valence-corrected chi connectivity index (χ2v) is 7.01. The first-order valence-electron chi connectivity index (χ1n) is 6.20. The summed E-state index contributed by atoms with van der Waals surface area (Å²) in [7, 11) is 0. The Morgan fingerprint density at radius 3 is 2.31 bits per heavy atom. The third-order valence-electron chi connectivity index (χ3n) is 5.11. The van der Waals surface area contributed by atoms with E-state index >= 15 is 0 Å². The van der Waals surface area contributed by atoms with Gasteiger partial charge in [0.1, 0.15) is 0 Å². The zero-order chi connectivity index (χ0) is 12.1. The fraction of sp³-hybridized carbons (Fsp3) is 0.923. The summed E-state index contributed by atoms with van der Waals surface area (Å²) in [4.78, 5) is 14.6. The molecule has 2 rings (SSSR count). The Morgan fingerprint density at radius 2 is 1.88 bits per heavy atom. The summed E-state index contributed by atoms with van der Waals surface area (Å²) in [6.07, 6.45) is 2.32. The number of alkyl halides is 1. The van der Waals surface area contributed by atoms with Gasteiger partial charge < -0.3 is 4.90 Å². The molecule has 0 aromatic rings. The molecule has 0 aromatic heterocycles. The van der Waals surface area contributed by atoms with E-state index in [9.17, 15) is 4.79 Å². The van der Waals surface area contributed by atoms with Gasteiger partial charge in [-0.3, -0.25) is 4.79 Å². The third-order valence-corrected chi connectivity index (χ3v) is 5.85. The maximum atomic E-state index is 12.5. The Kier molecular flexibility index (Phi) is 2.89. The Hall–Kier alpha value is -0.0500. The Labute approximate surface area is 107 Å². The first kappa shape index (κ1) is 12.4. The quantitative estimate of drug-likeness (QED) is 0.715. The zero-order valence-corrected chi connectivity index (χ0v) is 12.3. The summed E-state index contributed by atoms with van der Waals surface area (Å²) >= 11 is 3.52. The SMILES string of the molecule is CC1(C)C(C(=O)N2CCCC2CBr)C1(C)C. The number of amides is 1. The van der Waals surface area contributed by atoms with Crippen molar-refractivity contribution in [3.63, 3.8) is 0 Å². The summed E-state index contributed by atoms with van der Waals surface area (Å²) < 4.78 is 0. The third kappa shape index (κ3) is 1.54. The van der Waals surface area contributed by atoms with Gasteiger partial charge in [-0.2, -0.15) is 0 Å². The molecule has 16 heavy (non-hydrogen) atoms. The molecule has 1 saturated heterocycles. The Bertz CT molecular complexity index is 297. The van der Waals surface area contributed by atoms with Gasteiger partial charge in [-0.25, -0.2) is 0 Å². The molecule has 0 radical (unpaired) electrons. The summed E-state index contributed by atoms with van der Waals surface area (Å²) in [5, 5.41) is 0.923. The van der Waals surface area contributed by atoms with Crippen molar-refractivity contribution in [3.05, 3.63) is 0 Å². The first-order chi connectivity index (χ1) is 7.34. The highest BCUT2D eigenvalue weighted by molar-refractivity contribution is 9.09. The molecule has 2 aliphatic rings. The molecule has 1 atom stereocenters. The molecule has 0 N–H and O–H groups in total. The minimum Gasteiger partial charge on any atom is -0.339 e. The molecule has 0 bridgehead atoms. The molecule has 3 heteroatoms. The number of halogens is 1. The van der Waals surface area contributed by atoms with Gasteiger partial charge in [-0.1, -0.05) is 43.6 Å². The average molecular weight is 288 g/mol. The molecule has 0 spiro atoms. The monoisotopic (exact) mass is 287 g/mol. The van der Waals surface area contributed by atoms with Gasteiger partial charge in [-0.05, 0) is 23.7 Å². The topological polar surface area (TPSA) is 20.3 Å². The van der Waals surface area contributed by atoms with Crippen LogP contribution in [0.2, 0.25) is 0 Å². The maximum absolute atomic E-state index is 12.5. The van der Waals surface area contributed by atoms with Crippen molar-refractivity contribution in [2.75, 3.05) is 11.9 Å². The van der Waals surface area contributed by atoms with E-state index in [-0.39, 0.29) is 16.7 Å². The second-order valence-electron chi connectivity index (χ2n) is 6.36. The number of nitrogens with zero attached hydrogens (tertiary/aromatic N) is 1. The predicted molar refractivity (Wildman–Crippen MR) is 69.6 cm³/mol. The van der Waals surface area contributed by atoms with Crippen LogP contribution in [0.1, 0.15) is 40.5 Å². The summed E-state index contributed by atoms with van der Waals surface area (Å²) in [5.41, 5.74) is 0.340. The first-order valence-corrected chi connectivity index (χ1v) is 7.32. The maximum Gasteiger partial charge on any atom is 0.227 e. The van der Waals surface area contributed by atoms with Crippen LogP contribution in [0.3, 0.4) is 0 Å². The van der Waals surface area contributed by atoms with Crippen molar-refractivity contribution in [2.45, 2.75) is 46.6 Å². The molecule has 92 valence electrons. The number of hydrogen-bond donors (Lipinski definition) is 0. The lowest BCUT2D eigenvalue weighted by atomic mass is 10.0. The van der Waals surface area contributed by atoms with Crippen LogP contribution in [0.5, 0.6) is 0 Å². The summed E-state index contributed by atoms with van der Waals surface area (Å²) in [5.74, 6) is 0.608. The average Bonchev–Trinajstić information content (AvgIpc) is 2.58. The van der Waals surface area contributed by atoms with Crippen molar-refractivity contribution < 1.29 is 4.79 Å². The van der Waals surface area contributed by atoms with Crippen molar-refractivity contribution in [2.24, 2.45) is 16.7 Å². The molecule has 1 unspecified atom stereocenters. The van der Waals surface area contributed by atoms with Gasteiger partial charge in [0.25, 0.3) is 0 Å². The molecule has 1 amide bonds. The molecular weight excluding hydrogens is 266 g/mol. The highest BCUT2D eigenvalue weighted by Gasteiger charge is 2.69. The molecular formula is C13H22BrNO. The van der Waals surface area contributed by atoms with E-state index in [2.05, 4.69) is 48.5 Å². The summed E-state index contributed by atoms with van der Waals surface area (Å²) in [6.45, 7) is 9.82. The molecule has 1 heterocycles. The van der Waals surface area contributed by atoms with Gasteiger partial charge in [0, 0.05) is 23.8 Å². The van der Waals surface area contributed by atoms with E-state index in [0.29, 0.717) is 11.9 Å². The molecule has 2 nitrogen and oxygen atoms in total. The fourth-order valence-electron chi connectivity index (χ4n) is 3.27. The normalized spacial score (nSPS) is 31.8. The Morgan fingerprint density at radius 1 is 1.31 bits per heavy atom. The van der Waals surface area contributed by atoms with E-state index in [1.165, 1.54) is 0 Å². The Balaban J connectivity index is 2.10. The van der Waals surface area contributed by atoms with Crippen LogP contribution in [0.15, 0.2) is 0 Å². The number of carbonyl (C=O) groups is 1. The zero-order valence-electron chi connectivity index (χ0n) is 10.7. The second kappa shape index (κ2) is 3.72. The largest absolute Gasteiger partial charge is 0.339 e. The molecule has 1 saturated carbocycles. The molecule has 2 fully saturated rings. The van der Waals surface area contributed by atoms with E-state index in [1.54, 1.807) is 0 Å². The van der Waals surface area contributed by atoms with Crippen molar-refractivity contribution >= 4 is 21.8 Å². The fourth-order valence-corrected chi connectivity index (χ4v) is 3.94. The van der Waals surface area contributed by atoms with Gasteiger partial charge in [-0.15, -0.1) is 0 Å². The van der Waals surface area contributed by atoms with Crippen LogP contribution in [-0.2, 0) is 4.79 Å². The van der Waals surface area contributed by atoms with Gasteiger partial charge in [0.2, 0.25) is 5.91 Å². The van der Waals surface area contributed by atoms with Gasteiger partial charge in [0.05, 0.1) is 0 Å². The van der Waals surface area contributed by atoms with E-state index in [0.717, 1.165) is 24.7 Å². The van der Waals surface area contributed by atoms with Crippen LogP contribution >= 0.6 is 15.9 Å². The van der Waals surface area contributed by atoms with E-state index in [4.69, 9.17) is 0 Å². The smallest absolute Gasteiger partial charge is 0.227 e. The minimum atomic E-state index is 0.170. The van der Waals surface area contributed by atoms with Crippen LogP contribution in [0, 0.1) is 16.7 Å². The van der Waals surface area contributed by atoms with Crippen LogP contribution in [0.4, 0.5) is 0 Å². The predicted octanol–water partition coefficient (Wildman–Crippen LogP) is 3.05. The molecule has 1 aliphatic carbocycles.